The van der Waals surface area contributed by atoms with E-state index in [1.165, 1.54) is 25.3 Å². The Kier molecular flexibility index (Phi) is 4.45. The minimum Gasteiger partial charge on any atom is -0.355 e. The molecule has 4 aliphatic rings. The summed E-state index contributed by atoms with van der Waals surface area (Å²) in [4.78, 5) is 24.7. The molecule has 6 heteroatoms. The Labute approximate surface area is 151 Å². The van der Waals surface area contributed by atoms with Crippen molar-refractivity contribution in [1.82, 2.24) is 5.32 Å². The number of nitrogens with one attached hydrogen (secondary N) is 2. The van der Waals surface area contributed by atoms with E-state index in [0.717, 1.165) is 31.4 Å². The van der Waals surface area contributed by atoms with E-state index in [0.29, 0.717) is 17.8 Å². The first-order valence-corrected chi connectivity index (χ1v) is 9.47. The standard InChI is InChI=1S/C20H24F2N2O2/c21-16-2-1-15(8-17(16)22)24-18(25)3-4-23-19(26)20-9-12-5-13(10-20)7-14(6-12)11-20/h1-2,8,12-14H,3-7,9-11H2,(H,23,26)(H,24,25). The third-order valence-corrected chi connectivity index (χ3v) is 6.36. The summed E-state index contributed by atoms with van der Waals surface area (Å²) in [7, 11) is 0. The summed E-state index contributed by atoms with van der Waals surface area (Å²) >= 11 is 0. The molecule has 0 saturated heterocycles. The highest BCUT2D eigenvalue weighted by Gasteiger charge is 2.54. The minimum absolute atomic E-state index is 0.0947. The van der Waals surface area contributed by atoms with Gasteiger partial charge in [-0.15, -0.1) is 0 Å². The topological polar surface area (TPSA) is 58.2 Å². The van der Waals surface area contributed by atoms with E-state index >= 15 is 0 Å². The number of rotatable bonds is 5. The molecule has 1 aromatic rings. The molecular weight excluding hydrogens is 338 g/mol. The maximum Gasteiger partial charge on any atom is 0.226 e. The zero-order valence-electron chi connectivity index (χ0n) is 14.7. The molecule has 4 bridgehead atoms. The zero-order chi connectivity index (χ0) is 18.3. The van der Waals surface area contributed by atoms with E-state index in [-0.39, 0.29) is 35.9 Å². The molecule has 0 unspecified atom stereocenters. The van der Waals surface area contributed by atoms with Crippen LogP contribution in [0.2, 0.25) is 0 Å². The summed E-state index contributed by atoms with van der Waals surface area (Å²) in [5.74, 6) is -0.0983. The fraction of sp³-hybridized carbons (Fsp3) is 0.600. The van der Waals surface area contributed by atoms with Gasteiger partial charge < -0.3 is 10.6 Å². The van der Waals surface area contributed by atoms with E-state index in [4.69, 9.17) is 0 Å². The molecule has 26 heavy (non-hydrogen) atoms. The van der Waals surface area contributed by atoms with Gasteiger partial charge in [0.15, 0.2) is 11.6 Å². The van der Waals surface area contributed by atoms with Crippen LogP contribution in [-0.4, -0.2) is 18.4 Å². The molecule has 2 N–H and O–H groups in total. The van der Waals surface area contributed by atoms with Crippen LogP contribution >= 0.6 is 0 Å². The Morgan fingerprint density at radius 3 is 2.19 bits per heavy atom. The summed E-state index contributed by atoms with van der Waals surface area (Å²) in [6.45, 7) is 0.260. The number of hydrogen-bond acceptors (Lipinski definition) is 2. The normalized spacial score (nSPS) is 31.7. The monoisotopic (exact) mass is 362 g/mol. The first-order valence-electron chi connectivity index (χ1n) is 9.47. The molecule has 2 amide bonds. The molecule has 4 fully saturated rings. The first-order chi connectivity index (χ1) is 12.4. The number of anilines is 1. The second-order valence-electron chi connectivity index (χ2n) is 8.38. The third kappa shape index (κ3) is 3.33. The van der Waals surface area contributed by atoms with Gasteiger partial charge in [-0.25, -0.2) is 8.78 Å². The van der Waals surface area contributed by atoms with Crippen molar-refractivity contribution in [2.75, 3.05) is 11.9 Å². The van der Waals surface area contributed by atoms with Crippen LogP contribution in [0.5, 0.6) is 0 Å². The number of carbonyl (C=O) groups excluding carboxylic acids is 2. The van der Waals surface area contributed by atoms with Crippen LogP contribution in [0.4, 0.5) is 14.5 Å². The number of carbonyl (C=O) groups is 2. The molecule has 4 saturated carbocycles. The second-order valence-corrected chi connectivity index (χ2v) is 8.38. The van der Waals surface area contributed by atoms with Crippen LogP contribution in [-0.2, 0) is 9.59 Å². The van der Waals surface area contributed by atoms with Crippen molar-refractivity contribution in [2.24, 2.45) is 23.2 Å². The van der Waals surface area contributed by atoms with Crippen LogP contribution in [0.15, 0.2) is 18.2 Å². The Balaban J connectivity index is 1.27. The Hall–Kier alpha value is -1.98. The fourth-order valence-corrected chi connectivity index (χ4v) is 5.66. The minimum atomic E-state index is -1.00. The molecule has 0 radical (unpaired) electrons. The van der Waals surface area contributed by atoms with E-state index in [1.54, 1.807) is 0 Å². The molecule has 0 heterocycles. The highest BCUT2D eigenvalue weighted by Crippen LogP contribution is 2.60. The van der Waals surface area contributed by atoms with Crippen LogP contribution in [0.1, 0.15) is 44.9 Å². The largest absolute Gasteiger partial charge is 0.355 e. The number of amides is 2. The molecule has 4 aliphatic carbocycles. The molecule has 0 aromatic heterocycles. The lowest BCUT2D eigenvalue weighted by atomic mass is 9.49. The number of benzene rings is 1. The highest BCUT2D eigenvalue weighted by molar-refractivity contribution is 5.91. The molecule has 0 aliphatic heterocycles. The lowest BCUT2D eigenvalue weighted by molar-refractivity contribution is -0.146. The molecule has 140 valence electrons. The van der Waals surface area contributed by atoms with Crippen LogP contribution < -0.4 is 10.6 Å². The summed E-state index contributed by atoms with van der Waals surface area (Å²) in [6.07, 6.45) is 6.93. The van der Waals surface area contributed by atoms with Gasteiger partial charge in [0.2, 0.25) is 11.8 Å². The van der Waals surface area contributed by atoms with E-state index < -0.39 is 11.6 Å². The molecule has 5 rings (SSSR count). The van der Waals surface area contributed by atoms with Crippen molar-refractivity contribution in [3.05, 3.63) is 29.8 Å². The summed E-state index contributed by atoms with van der Waals surface area (Å²) in [6, 6.07) is 3.23. The maximum atomic E-state index is 13.2. The predicted molar refractivity (Wildman–Crippen MR) is 93.2 cm³/mol. The predicted octanol–water partition coefficient (Wildman–Crippen LogP) is 3.63. The highest BCUT2D eigenvalue weighted by atomic mass is 19.2. The van der Waals surface area contributed by atoms with Gasteiger partial charge in [-0.05, 0) is 68.4 Å². The van der Waals surface area contributed by atoms with Gasteiger partial charge in [0.05, 0.1) is 0 Å². The molecule has 0 atom stereocenters. The van der Waals surface area contributed by atoms with Gasteiger partial charge in [-0.3, -0.25) is 9.59 Å². The lowest BCUT2D eigenvalue weighted by Gasteiger charge is -2.55. The summed E-state index contributed by atoms with van der Waals surface area (Å²) < 4.78 is 26.1. The fourth-order valence-electron chi connectivity index (χ4n) is 5.66. The van der Waals surface area contributed by atoms with Crippen molar-refractivity contribution >= 4 is 17.5 Å². The zero-order valence-corrected chi connectivity index (χ0v) is 14.7. The maximum absolute atomic E-state index is 13.2. The Bertz CT molecular complexity index is 699. The Morgan fingerprint density at radius 2 is 1.62 bits per heavy atom. The van der Waals surface area contributed by atoms with Gasteiger partial charge in [-0.2, -0.15) is 0 Å². The van der Waals surface area contributed by atoms with Crippen LogP contribution in [0, 0.1) is 34.8 Å². The van der Waals surface area contributed by atoms with Crippen molar-refractivity contribution in [3.8, 4) is 0 Å². The lowest BCUT2D eigenvalue weighted by Crippen LogP contribution is -2.53. The average Bonchev–Trinajstić information content (AvgIpc) is 2.57. The summed E-state index contributed by atoms with van der Waals surface area (Å²) in [5, 5.41) is 5.47. The molecule has 1 aromatic carbocycles. The van der Waals surface area contributed by atoms with E-state index in [1.807, 2.05) is 0 Å². The average molecular weight is 362 g/mol. The van der Waals surface area contributed by atoms with Crippen LogP contribution in [0.25, 0.3) is 0 Å². The number of halogens is 2. The van der Waals surface area contributed by atoms with Gasteiger partial charge in [0, 0.05) is 30.1 Å². The second kappa shape index (κ2) is 6.63. The Morgan fingerprint density at radius 1 is 1.00 bits per heavy atom. The van der Waals surface area contributed by atoms with Crippen molar-refractivity contribution in [2.45, 2.75) is 44.9 Å². The van der Waals surface area contributed by atoms with Crippen LogP contribution in [0.3, 0.4) is 0 Å². The van der Waals surface area contributed by atoms with E-state index in [2.05, 4.69) is 10.6 Å². The number of hydrogen-bond donors (Lipinski definition) is 2. The first kappa shape index (κ1) is 17.4. The van der Waals surface area contributed by atoms with Crippen molar-refractivity contribution in [3.63, 3.8) is 0 Å². The van der Waals surface area contributed by atoms with Gasteiger partial charge in [0.25, 0.3) is 0 Å². The van der Waals surface area contributed by atoms with Gasteiger partial charge >= 0.3 is 0 Å². The third-order valence-electron chi connectivity index (χ3n) is 6.36. The quantitative estimate of drug-likeness (QED) is 0.840. The van der Waals surface area contributed by atoms with Crippen molar-refractivity contribution in [1.29, 1.82) is 0 Å². The summed E-state index contributed by atoms with van der Waals surface area (Å²) in [5.41, 5.74) is -0.00741. The van der Waals surface area contributed by atoms with Gasteiger partial charge in [0.1, 0.15) is 0 Å². The van der Waals surface area contributed by atoms with E-state index in [9.17, 15) is 18.4 Å². The molecular formula is C20H24F2N2O2. The SMILES string of the molecule is O=C(CCNC(=O)C12CC3CC(CC(C3)C1)C2)Nc1ccc(F)c(F)c1. The molecule has 0 spiro atoms. The van der Waals surface area contributed by atoms with Gasteiger partial charge in [-0.1, -0.05) is 0 Å². The molecule has 4 nitrogen and oxygen atoms in total. The van der Waals surface area contributed by atoms with Crippen molar-refractivity contribution < 1.29 is 18.4 Å². The smallest absolute Gasteiger partial charge is 0.226 e.